The lowest BCUT2D eigenvalue weighted by Gasteiger charge is -1.98. The zero-order valence-corrected chi connectivity index (χ0v) is 11.7. The highest BCUT2D eigenvalue weighted by Gasteiger charge is 1.90. The highest BCUT2D eigenvalue weighted by atomic mass is 14.0. The van der Waals surface area contributed by atoms with Crippen LogP contribution in [0.5, 0.6) is 0 Å². The molecule has 1 aromatic rings. The molecule has 0 atom stereocenters. The van der Waals surface area contributed by atoms with Gasteiger partial charge in [0.05, 0.1) is 0 Å². The molecule has 0 aromatic heterocycles. The molecule has 0 N–H and O–H groups in total. The standard InChI is InChI=1S/C11H12.C6H14.CH4/c1-3-7-11-9-6-5-8-10(11)4-2;1-4-6(3)5-2;/h3-9H,2H2,1H3;6H,4-5H2,1-3H3;1H4/b7-3-;;. The van der Waals surface area contributed by atoms with Gasteiger partial charge in [-0.25, -0.2) is 0 Å². The minimum absolute atomic E-state index is 0. The minimum Gasteiger partial charge on any atom is -0.0984 e. The average Bonchev–Trinajstić information content (AvgIpc) is 2.39. The Morgan fingerprint density at radius 1 is 1.11 bits per heavy atom. The van der Waals surface area contributed by atoms with Crippen molar-refractivity contribution in [1.29, 1.82) is 0 Å². The van der Waals surface area contributed by atoms with E-state index in [4.69, 9.17) is 0 Å². The molecule has 0 aliphatic carbocycles. The van der Waals surface area contributed by atoms with Gasteiger partial charge >= 0.3 is 0 Å². The van der Waals surface area contributed by atoms with Crippen LogP contribution < -0.4 is 0 Å². The quantitative estimate of drug-likeness (QED) is 0.573. The van der Waals surface area contributed by atoms with E-state index < -0.39 is 0 Å². The molecule has 1 aromatic carbocycles. The van der Waals surface area contributed by atoms with Gasteiger partial charge in [0.15, 0.2) is 0 Å². The number of benzene rings is 1. The van der Waals surface area contributed by atoms with Crippen LogP contribution in [0.15, 0.2) is 36.9 Å². The van der Waals surface area contributed by atoms with Crippen LogP contribution in [-0.2, 0) is 0 Å². The van der Waals surface area contributed by atoms with Gasteiger partial charge in [-0.1, -0.05) is 90.1 Å². The van der Waals surface area contributed by atoms with E-state index in [1.54, 1.807) is 0 Å². The summed E-state index contributed by atoms with van der Waals surface area (Å²) in [6.07, 6.45) is 8.64. The lowest BCUT2D eigenvalue weighted by atomic mass is 10.1. The van der Waals surface area contributed by atoms with Crippen LogP contribution in [0.1, 0.15) is 59.1 Å². The fourth-order valence-electron chi connectivity index (χ4n) is 1.32. The van der Waals surface area contributed by atoms with Crippen LogP contribution in [0.2, 0.25) is 0 Å². The molecule has 0 nitrogen and oxygen atoms in total. The largest absolute Gasteiger partial charge is 0.0984 e. The van der Waals surface area contributed by atoms with Crippen molar-refractivity contribution in [2.24, 2.45) is 5.92 Å². The van der Waals surface area contributed by atoms with Gasteiger partial charge < -0.3 is 0 Å². The molecule has 0 heterocycles. The lowest BCUT2D eigenvalue weighted by Crippen LogP contribution is -1.85. The zero-order valence-electron chi connectivity index (χ0n) is 11.7. The molecule has 0 saturated carbocycles. The molecule has 102 valence electrons. The molecule has 0 heteroatoms. The van der Waals surface area contributed by atoms with Gasteiger partial charge in [0, 0.05) is 0 Å². The van der Waals surface area contributed by atoms with Crippen LogP contribution in [0.25, 0.3) is 12.2 Å². The third kappa shape index (κ3) is 7.89. The second-order valence-electron chi connectivity index (χ2n) is 4.25. The second-order valence-corrected chi connectivity index (χ2v) is 4.25. The van der Waals surface area contributed by atoms with Gasteiger partial charge in [-0.2, -0.15) is 0 Å². The SMILES string of the molecule is C.C=Cc1ccccc1/C=C\C.CCC(C)CC. The summed E-state index contributed by atoms with van der Waals surface area (Å²) >= 11 is 0. The Morgan fingerprint density at radius 2 is 1.61 bits per heavy atom. The number of hydrogen-bond donors (Lipinski definition) is 0. The highest BCUT2D eigenvalue weighted by molar-refractivity contribution is 5.63. The van der Waals surface area contributed by atoms with Crippen LogP contribution in [0.4, 0.5) is 0 Å². The maximum atomic E-state index is 3.74. The Labute approximate surface area is 114 Å². The van der Waals surface area contributed by atoms with Gasteiger partial charge in [-0.05, 0) is 24.0 Å². The van der Waals surface area contributed by atoms with Crippen molar-refractivity contribution in [1.82, 2.24) is 0 Å². The third-order valence-corrected chi connectivity index (χ3v) is 2.96. The number of allylic oxidation sites excluding steroid dienone is 1. The zero-order chi connectivity index (χ0) is 13.1. The summed E-state index contributed by atoms with van der Waals surface area (Å²) in [5.41, 5.74) is 2.41. The molecule has 0 spiro atoms. The molecule has 0 aliphatic rings. The minimum atomic E-state index is 0. The molecular formula is C18H30. The summed E-state index contributed by atoms with van der Waals surface area (Å²) in [6.45, 7) is 12.5. The van der Waals surface area contributed by atoms with Crippen molar-refractivity contribution in [3.05, 3.63) is 48.0 Å². The van der Waals surface area contributed by atoms with Crippen LogP contribution >= 0.6 is 0 Å². The predicted molar refractivity (Wildman–Crippen MR) is 87.7 cm³/mol. The van der Waals surface area contributed by atoms with Gasteiger partial charge in [0.2, 0.25) is 0 Å². The molecule has 0 radical (unpaired) electrons. The molecule has 0 unspecified atom stereocenters. The van der Waals surface area contributed by atoms with Gasteiger partial charge in [-0.3, -0.25) is 0 Å². The smallest absolute Gasteiger partial charge is 0.0188 e. The van der Waals surface area contributed by atoms with Gasteiger partial charge in [0.1, 0.15) is 0 Å². The summed E-state index contributed by atoms with van der Waals surface area (Å²) in [4.78, 5) is 0. The van der Waals surface area contributed by atoms with Crippen LogP contribution in [0.3, 0.4) is 0 Å². The predicted octanol–water partition coefficient (Wildman–Crippen LogP) is 6.44. The molecule has 0 aliphatic heterocycles. The summed E-state index contributed by atoms with van der Waals surface area (Å²) < 4.78 is 0. The molecular weight excluding hydrogens is 216 g/mol. The molecule has 0 bridgehead atoms. The van der Waals surface area contributed by atoms with Crippen LogP contribution in [-0.4, -0.2) is 0 Å². The first-order chi connectivity index (χ1) is 8.19. The van der Waals surface area contributed by atoms with E-state index >= 15 is 0 Å². The van der Waals surface area contributed by atoms with Crippen molar-refractivity contribution in [3.63, 3.8) is 0 Å². The molecule has 18 heavy (non-hydrogen) atoms. The monoisotopic (exact) mass is 246 g/mol. The van der Waals surface area contributed by atoms with E-state index in [1.165, 1.54) is 24.0 Å². The molecule has 0 amide bonds. The van der Waals surface area contributed by atoms with Crippen molar-refractivity contribution >= 4 is 12.2 Å². The molecule has 0 saturated heterocycles. The number of hydrogen-bond acceptors (Lipinski definition) is 0. The molecule has 1 rings (SSSR count). The van der Waals surface area contributed by atoms with Crippen molar-refractivity contribution in [2.75, 3.05) is 0 Å². The van der Waals surface area contributed by atoms with Crippen molar-refractivity contribution < 1.29 is 0 Å². The van der Waals surface area contributed by atoms with E-state index in [-0.39, 0.29) is 7.43 Å². The lowest BCUT2D eigenvalue weighted by molar-refractivity contribution is 0.544. The van der Waals surface area contributed by atoms with Crippen molar-refractivity contribution in [3.8, 4) is 0 Å². The fraction of sp³-hybridized carbons (Fsp3) is 0.444. The summed E-state index contributed by atoms with van der Waals surface area (Å²) in [5, 5.41) is 0. The van der Waals surface area contributed by atoms with E-state index in [1.807, 2.05) is 31.2 Å². The third-order valence-electron chi connectivity index (χ3n) is 2.96. The first-order valence-electron chi connectivity index (χ1n) is 6.53. The summed E-state index contributed by atoms with van der Waals surface area (Å²) in [5.74, 6) is 0.935. The molecule has 0 fully saturated rings. The van der Waals surface area contributed by atoms with Crippen LogP contribution in [0, 0.1) is 5.92 Å². The Kier molecular flexibility index (Phi) is 12.9. The van der Waals surface area contributed by atoms with Gasteiger partial charge in [0.25, 0.3) is 0 Å². The first-order valence-corrected chi connectivity index (χ1v) is 6.53. The van der Waals surface area contributed by atoms with E-state index in [2.05, 4.69) is 45.6 Å². The Hall–Kier alpha value is -1.30. The topological polar surface area (TPSA) is 0 Å². The van der Waals surface area contributed by atoms with E-state index in [0.29, 0.717) is 0 Å². The Bertz CT molecular complexity index is 330. The highest BCUT2D eigenvalue weighted by Crippen LogP contribution is 2.11. The Balaban J connectivity index is 0. The average molecular weight is 246 g/mol. The first kappa shape index (κ1) is 19.0. The Morgan fingerprint density at radius 3 is 1.94 bits per heavy atom. The maximum absolute atomic E-state index is 3.74. The van der Waals surface area contributed by atoms with Crippen molar-refractivity contribution in [2.45, 2.75) is 48.0 Å². The van der Waals surface area contributed by atoms with E-state index in [0.717, 1.165) is 5.92 Å². The second kappa shape index (κ2) is 12.2. The van der Waals surface area contributed by atoms with E-state index in [9.17, 15) is 0 Å². The normalized spacial score (nSPS) is 9.61. The fourth-order valence-corrected chi connectivity index (χ4v) is 1.32. The summed E-state index contributed by atoms with van der Waals surface area (Å²) in [6, 6.07) is 8.19. The van der Waals surface area contributed by atoms with Gasteiger partial charge in [-0.15, -0.1) is 0 Å². The maximum Gasteiger partial charge on any atom is -0.0188 e. The summed E-state index contributed by atoms with van der Waals surface area (Å²) in [7, 11) is 0. The number of rotatable bonds is 4.